The first-order chi connectivity index (χ1) is 12.4. The molecule has 0 aliphatic rings. The number of carbonyl (C=O) groups is 3. The Hall–Kier alpha value is -3.15. The minimum absolute atomic E-state index is 0.0669. The number of aryl methyl sites for hydroxylation is 1. The Morgan fingerprint density at radius 2 is 1.50 bits per heavy atom. The van der Waals surface area contributed by atoms with E-state index in [4.69, 9.17) is 0 Å². The van der Waals surface area contributed by atoms with Crippen LogP contribution >= 0.6 is 0 Å². The predicted octanol–water partition coefficient (Wildman–Crippen LogP) is 3.05. The molecular formula is C20H23N3O3. The zero-order valence-corrected chi connectivity index (χ0v) is 15.1. The molecule has 0 spiro atoms. The standard InChI is InChI=1S/C20H23N3O3/c1-13(2)12-18(24)21-16-10-8-15(9-11-16)19(25)22-23-20(26)17-7-5-4-6-14(17)3/h4-11,13H,12H2,1-3H3,(H,21,24)(H,22,25)(H,23,26). The van der Waals surface area contributed by atoms with Crippen molar-refractivity contribution in [2.75, 3.05) is 5.32 Å². The van der Waals surface area contributed by atoms with Crippen LogP contribution in [0.25, 0.3) is 0 Å². The summed E-state index contributed by atoms with van der Waals surface area (Å²) in [7, 11) is 0. The molecule has 0 radical (unpaired) electrons. The predicted molar refractivity (Wildman–Crippen MR) is 101 cm³/mol. The van der Waals surface area contributed by atoms with Crippen LogP contribution in [-0.2, 0) is 4.79 Å². The van der Waals surface area contributed by atoms with Gasteiger partial charge in [0.2, 0.25) is 5.91 Å². The van der Waals surface area contributed by atoms with Crippen LogP contribution in [0.2, 0.25) is 0 Å². The highest BCUT2D eigenvalue weighted by Gasteiger charge is 2.11. The fraction of sp³-hybridized carbons (Fsp3) is 0.250. The summed E-state index contributed by atoms with van der Waals surface area (Å²) < 4.78 is 0. The van der Waals surface area contributed by atoms with Crippen LogP contribution in [0, 0.1) is 12.8 Å². The van der Waals surface area contributed by atoms with E-state index in [1.165, 1.54) is 0 Å². The van der Waals surface area contributed by atoms with Crippen LogP contribution in [0.3, 0.4) is 0 Å². The van der Waals surface area contributed by atoms with Gasteiger partial charge in [-0.3, -0.25) is 25.2 Å². The molecule has 6 heteroatoms. The average Bonchev–Trinajstić information content (AvgIpc) is 2.59. The maximum Gasteiger partial charge on any atom is 0.269 e. The Balaban J connectivity index is 1.91. The second-order valence-electron chi connectivity index (χ2n) is 6.45. The maximum atomic E-state index is 12.1. The smallest absolute Gasteiger partial charge is 0.269 e. The summed E-state index contributed by atoms with van der Waals surface area (Å²) in [5.74, 6) is -0.611. The fourth-order valence-electron chi connectivity index (χ4n) is 2.37. The Labute approximate surface area is 153 Å². The minimum Gasteiger partial charge on any atom is -0.326 e. The van der Waals surface area contributed by atoms with Crippen LogP contribution in [0.15, 0.2) is 48.5 Å². The van der Waals surface area contributed by atoms with Crippen molar-refractivity contribution in [2.24, 2.45) is 5.92 Å². The van der Waals surface area contributed by atoms with Crippen molar-refractivity contribution in [3.05, 3.63) is 65.2 Å². The molecule has 3 amide bonds. The van der Waals surface area contributed by atoms with Gasteiger partial charge in [0.15, 0.2) is 0 Å². The van der Waals surface area contributed by atoms with Gasteiger partial charge >= 0.3 is 0 Å². The van der Waals surface area contributed by atoms with Gasteiger partial charge in [0, 0.05) is 23.2 Å². The minimum atomic E-state index is -0.438. The molecule has 0 fully saturated rings. The summed E-state index contributed by atoms with van der Waals surface area (Å²) in [6, 6.07) is 13.6. The van der Waals surface area contributed by atoms with E-state index >= 15 is 0 Å². The van der Waals surface area contributed by atoms with Crippen LogP contribution in [0.1, 0.15) is 46.5 Å². The molecule has 0 aliphatic carbocycles. The normalized spacial score (nSPS) is 10.3. The second-order valence-corrected chi connectivity index (χ2v) is 6.45. The van der Waals surface area contributed by atoms with Gasteiger partial charge in [-0.2, -0.15) is 0 Å². The molecule has 0 aromatic heterocycles. The summed E-state index contributed by atoms with van der Waals surface area (Å²) in [4.78, 5) is 36.0. The van der Waals surface area contributed by atoms with Crippen molar-refractivity contribution < 1.29 is 14.4 Å². The SMILES string of the molecule is Cc1ccccc1C(=O)NNC(=O)c1ccc(NC(=O)CC(C)C)cc1. The first-order valence-electron chi connectivity index (χ1n) is 8.43. The lowest BCUT2D eigenvalue weighted by molar-refractivity contribution is -0.116. The van der Waals surface area contributed by atoms with E-state index in [0.717, 1.165) is 5.56 Å². The molecule has 2 aromatic carbocycles. The summed E-state index contributed by atoms with van der Waals surface area (Å²) in [6.45, 7) is 5.76. The number of rotatable bonds is 5. The fourth-order valence-corrected chi connectivity index (χ4v) is 2.37. The summed E-state index contributed by atoms with van der Waals surface area (Å²) >= 11 is 0. The van der Waals surface area contributed by atoms with E-state index in [0.29, 0.717) is 23.2 Å². The number of benzene rings is 2. The second kappa shape index (κ2) is 8.80. The lowest BCUT2D eigenvalue weighted by Crippen LogP contribution is -2.41. The molecule has 0 bridgehead atoms. The van der Waals surface area contributed by atoms with Gasteiger partial charge in [-0.15, -0.1) is 0 Å². The van der Waals surface area contributed by atoms with Crippen LogP contribution in [-0.4, -0.2) is 17.7 Å². The lowest BCUT2D eigenvalue weighted by Gasteiger charge is -2.10. The Morgan fingerprint density at radius 3 is 2.12 bits per heavy atom. The highest BCUT2D eigenvalue weighted by Crippen LogP contribution is 2.11. The number of hydrazine groups is 1. The molecule has 0 aliphatic heterocycles. The number of hydrogen-bond acceptors (Lipinski definition) is 3. The van der Waals surface area contributed by atoms with E-state index in [9.17, 15) is 14.4 Å². The van der Waals surface area contributed by atoms with E-state index < -0.39 is 5.91 Å². The summed E-state index contributed by atoms with van der Waals surface area (Å²) in [5.41, 5.74) is 7.09. The molecule has 2 aromatic rings. The molecule has 0 saturated heterocycles. The van der Waals surface area contributed by atoms with E-state index in [1.54, 1.807) is 36.4 Å². The Morgan fingerprint density at radius 1 is 0.885 bits per heavy atom. The zero-order valence-electron chi connectivity index (χ0n) is 15.1. The average molecular weight is 353 g/mol. The maximum absolute atomic E-state index is 12.1. The van der Waals surface area contributed by atoms with Crippen molar-refractivity contribution in [2.45, 2.75) is 27.2 Å². The molecular weight excluding hydrogens is 330 g/mol. The van der Waals surface area contributed by atoms with Crippen molar-refractivity contribution in [3.8, 4) is 0 Å². The third kappa shape index (κ3) is 5.44. The number of anilines is 1. The Kier molecular flexibility index (Phi) is 6.49. The first kappa shape index (κ1) is 19.2. The molecule has 6 nitrogen and oxygen atoms in total. The van der Waals surface area contributed by atoms with Crippen LogP contribution < -0.4 is 16.2 Å². The van der Waals surface area contributed by atoms with Crippen molar-refractivity contribution in [1.82, 2.24) is 10.9 Å². The summed E-state index contributed by atoms with van der Waals surface area (Å²) in [5, 5.41) is 2.78. The van der Waals surface area contributed by atoms with Gasteiger partial charge in [0.25, 0.3) is 11.8 Å². The largest absolute Gasteiger partial charge is 0.326 e. The number of nitrogens with one attached hydrogen (secondary N) is 3. The van der Waals surface area contributed by atoms with E-state index in [1.807, 2.05) is 32.9 Å². The molecule has 0 atom stereocenters. The van der Waals surface area contributed by atoms with Gasteiger partial charge in [-0.25, -0.2) is 0 Å². The molecule has 26 heavy (non-hydrogen) atoms. The third-order valence-corrected chi connectivity index (χ3v) is 3.70. The molecule has 0 heterocycles. The van der Waals surface area contributed by atoms with Crippen LogP contribution in [0.4, 0.5) is 5.69 Å². The van der Waals surface area contributed by atoms with Gasteiger partial charge in [0.05, 0.1) is 0 Å². The monoisotopic (exact) mass is 353 g/mol. The first-order valence-corrected chi connectivity index (χ1v) is 8.43. The molecule has 136 valence electrons. The van der Waals surface area contributed by atoms with Gasteiger partial charge < -0.3 is 5.32 Å². The molecule has 3 N–H and O–H groups in total. The van der Waals surface area contributed by atoms with Crippen molar-refractivity contribution in [3.63, 3.8) is 0 Å². The van der Waals surface area contributed by atoms with Crippen molar-refractivity contribution in [1.29, 1.82) is 0 Å². The summed E-state index contributed by atoms with van der Waals surface area (Å²) in [6.07, 6.45) is 0.438. The molecule has 2 rings (SSSR count). The van der Waals surface area contributed by atoms with Crippen molar-refractivity contribution >= 4 is 23.4 Å². The van der Waals surface area contributed by atoms with E-state index in [-0.39, 0.29) is 17.7 Å². The number of carbonyl (C=O) groups excluding carboxylic acids is 3. The topological polar surface area (TPSA) is 87.3 Å². The quantitative estimate of drug-likeness (QED) is 0.722. The third-order valence-electron chi connectivity index (χ3n) is 3.70. The highest BCUT2D eigenvalue weighted by atomic mass is 16.2. The van der Waals surface area contributed by atoms with Crippen LogP contribution in [0.5, 0.6) is 0 Å². The van der Waals surface area contributed by atoms with Gasteiger partial charge in [-0.1, -0.05) is 32.0 Å². The van der Waals surface area contributed by atoms with Gasteiger partial charge in [-0.05, 0) is 48.7 Å². The highest BCUT2D eigenvalue weighted by molar-refractivity contribution is 6.00. The van der Waals surface area contributed by atoms with Gasteiger partial charge in [0.1, 0.15) is 0 Å². The molecule has 0 unspecified atom stereocenters. The number of hydrogen-bond donors (Lipinski definition) is 3. The lowest BCUT2D eigenvalue weighted by atomic mass is 10.1. The van der Waals surface area contributed by atoms with E-state index in [2.05, 4.69) is 16.2 Å². The number of amides is 3. The molecule has 0 saturated carbocycles. The zero-order chi connectivity index (χ0) is 19.1. The Bertz CT molecular complexity index is 798.